The summed E-state index contributed by atoms with van der Waals surface area (Å²) in [4.78, 5) is 2.14. The van der Waals surface area contributed by atoms with Gasteiger partial charge in [-0.2, -0.15) is 12.6 Å². The molecular formula is C22H41NS. The minimum atomic E-state index is 0.455. The van der Waals surface area contributed by atoms with E-state index in [1.165, 1.54) is 69.1 Å². The summed E-state index contributed by atoms with van der Waals surface area (Å²) in [5, 5.41) is 0. The van der Waals surface area contributed by atoms with Crippen molar-refractivity contribution in [2.24, 2.45) is 5.41 Å². The van der Waals surface area contributed by atoms with Crippen LogP contribution in [0.1, 0.15) is 78.6 Å². The van der Waals surface area contributed by atoms with Crippen LogP contribution in [0.15, 0.2) is 36.1 Å². The summed E-state index contributed by atoms with van der Waals surface area (Å²) in [5.74, 6) is 1.04. The number of hydrogen-bond acceptors (Lipinski definition) is 2. The van der Waals surface area contributed by atoms with Crippen LogP contribution in [0.4, 0.5) is 0 Å². The number of likely N-dealkylation sites (N-methyl/N-ethyl adjacent to an activating group) is 1. The summed E-state index contributed by atoms with van der Waals surface area (Å²) in [7, 11) is 4.17. The highest BCUT2D eigenvalue weighted by molar-refractivity contribution is 7.80. The molecule has 1 nitrogen and oxygen atoms in total. The van der Waals surface area contributed by atoms with E-state index in [4.69, 9.17) is 12.6 Å². The van der Waals surface area contributed by atoms with Crippen LogP contribution in [0.3, 0.4) is 0 Å². The van der Waals surface area contributed by atoms with E-state index < -0.39 is 0 Å². The quantitative estimate of drug-likeness (QED) is 0.260. The van der Waals surface area contributed by atoms with Crippen LogP contribution in [0.5, 0.6) is 0 Å². The van der Waals surface area contributed by atoms with Gasteiger partial charge in [0.15, 0.2) is 0 Å². The van der Waals surface area contributed by atoms with Crippen molar-refractivity contribution in [2.75, 3.05) is 19.8 Å². The molecule has 0 unspecified atom stereocenters. The lowest BCUT2D eigenvalue weighted by atomic mass is 9.76. The van der Waals surface area contributed by atoms with Gasteiger partial charge < -0.3 is 4.90 Å². The van der Waals surface area contributed by atoms with Crippen LogP contribution in [0.2, 0.25) is 0 Å². The Labute approximate surface area is 157 Å². The van der Waals surface area contributed by atoms with E-state index in [2.05, 4.69) is 58.5 Å². The van der Waals surface area contributed by atoms with Gasteiger partial charge in [-0.25, -0.2) is 0 Å². The molecule has 2 heteroatoms. The molecule has 0 bridgehead atoms. The lowest BCUT2D eigenvalue weighted by molar-refractivity contribution is 0.237. The molecule has 0 aliphatic rings. The summed E-state index contributed by atoms with van der Waals surface area (Å²) in [5.41, 5.74) is 3.13. The molecule has 0 spiro atoms. The van der Waals surface area contributed by atoms with E-state index in [1.807, 2.05) is 6.08 Å². The van der Waals surface area contributed by atoms with E-state index in [0.717, 1.165) is 5.75 Å². The SMILES string of the molecule is C=C/C=C(\C=C(/C)CCCC(CS)(CCCC)CCCC)N(C)C. The fourth-order valence-electron chi connectivity index (χ4n) is 3.23. The maximum Gasteiger partial charge on any atom is 0.0360 e. The Kier molecular flexibility index (Phi) is 13.3. The zero-order chi connectivity index (χ0) is 18.4. The third kappa shape index (κ3) is 9.61. The topological polar surface area (TPSA) is 3.24 Å². The van der Waals surface area contributed by atoms with Crippen LogP contribution in [0, 0.1) is 5.41 Å². The van der Waals surface area contributed by atoms with Crippen molar-refractivity contribution in [2.45, 2.75) is 78.6 Å². The second kappa shape index (κ2) is 13.6. The van der Waals surface area contributed by atoms with Gasteiger partial charge in [-0.1, -0.05) is 57.8 Å². The summed E-state index contributed by atoms with van der Waals surface area (Å²) in [6, 6.07) is 0. The Morgan fingerprint density at radius 1 is 1.04 bits per heavy atom. The summed E-state index contributed by atoms with van der Waals surface area (Å²) < 4.78 is 0. The molecule has 24 heavy (non-hydrogen) atoms. The van der Waals surface area contributed by atoms with Gasteiger partial charge in [0.2, 0.25) is 0 Å². The number of allylic oxidation sites excluding steroid dienone is 4. The Hall–Kier alpha value is -0.630. The van der Waals surface area contributed by atoms with Gasteiger partial charge in [0.05, 0.1) is 0 Å². The van der Waals surface area contributed by atoms with E-state index in [1.54, 1.807) is 0 Å². The molecule has 0 aromatic heterocycles. The van der Waals surface area contributed by atoms with Crippen molar-refractivity contribution in [1.29, 1.82) is 0 Å². The zero-order valence-electron chi connectivity index (χ0n) is 16.9. The normalized spacial score (nSPS) is 13.2. The van der Waals surface area contributed by atoms with Gasteiger partial charge in [0.25, 0.3) is 0 Å². The Morgan fingerprint density at radius 2 is 1.58 bits per heavy atom. The third-order valence-corrected chi connectivity index (χ3v) is 5.61. The first-order chi connectivity index (χ1) is 11.4. The molecule has 0 radical (unpaired) electrons. The third-order valence-electron chi connectivity index (χ3n) is 4.93. The van der Waals surface area contributed by atoms with Crippen molar-refractivity contribution in [3.05, 3.63) is 36.1 Å². The first kappa shape index (κ1) is 23.4. The van der Waals surface area contributed by atoms with Gasteiger partial charge in [-0.3, -0.25) is 0 Å². The maximum atomic E-state index is 4.74. The molecule has 0 heterocycles. The predicted molar refractivity (Wildman–Crippen MR) is 115 cm³/mol. The molecule has 140 valence electrons. The van der Waals surface area contributed by atoms with Crippen LogP contribution in [0.25, 0.3) is 0 Å². The number of thiol groups is 1. The molecule has 0 rings (SSSR count). The van der Waals surface area contributed by atoms with Gasteiger partial charge in [-0.15, -0.1) is 0 Å². The highest BCUT2D eigenvalue weighted by atomic mass is 32.1. The number of nitrogens with zero attached hydrogens (tertiary/aromatic N) is 1. The minimum Gasteiger partial charge on any atom is -0.378 e. The number of unbranched alkanes of at least 4 members (excludes halogenated alkanes) is 2. The molecule has 0 saturated carbocycles. The minimum absolute atomic E-state index is 0.455. The standard InChI is InChI=1S/C22H41NS/c1-7-10-15-22(19-24,16-11-8-2)17-12-14-20(4)18-21(13-9-3)23(5)6/h9,13,18,24H,3,7-8,10-12,14-17,19H2,1-2,4-6H3/b20-18+,21-13+. The van der Waals surface area contributed by atoms with Crippen molar-refractivity contribution in [3.8, 4) is 0 Å². The summed E-state index contributed by atoms with van der Waals surface area (Å²) >= 11 is 4.74. The fourth-order valence-corrected chi connectivity index (χ4v) is 3.70. The molecule has 0 amide bonds. The predicted octanol–water partition coefficient (Wildman–Crippen LogP) is 7.03. The lowest BCUT2D eigenvalue weighted by Gasteiger charge is -2.33. The molecule has 0 saturated heterocycles. The van der Waals surface area contributed by atoms with Crippen molar-refractivity contribution in [1.82, 2.24) is 4.90 Å². The average molecular weight is 352 g/mol. The Bertz CT molecular complexity index is 385. The highest BCUT2D eigenvalue weighted by Crippen LogP contribution is 2.38. The van der Waals surface area contributed by atoms with Crippen molar-refractivity contribution < 1.29 is 0 Å². The van der Waals surface area contributed by atoms with Gasteiger partial charge in [-0.05, 0) is 62.3 Å². The van der Waals surface area contributed by atoms with Crippen molar-refractivity contribution in [3.63, 3.8) is 0 Å². The molecule has 0 atom stereocenters. The molecule has 0 aromatic rings. The average Bonchev–Trinajstić information content (AvgIpc) is 2.56. The van der Waals surface area contributed by atoms with Crippen LogP contribution in [-0.2, 0) is 0 Å². The Balaban J connectivity index is 4.73. The zero-order valence-corrected chi connectivity index (χ0v) is 17.8. The molecule has 0 fully saturated rings. The van der Waals surface area contributed by atoms with Gasteiger partial charge in [0, 0.05) is 19.8 Å². The van der Waals surface area contributed by atoms with Crippen LogP contribution in [-0.4, -0.2) is 24.7 Å². The fraction of sp³-hybridized carbons (Fsp3) is 0.727. The van der Waals surface area contributed by atoms with E-state index >= 15 is 0 Å². The Morgan fingerprint density at radius 3 is 2.00 bits per heavy atom. The largest absolute Gasteiger partial charge is 0.378 e. The molecule has 0 aromatic carbocycles. The molecule has 0 aliphatic heterocycles. The first-order valence-corrected chi connectivity index (χ1v) is 10.4. The summed E-state index contributed by atoms with van der Waals surface area (Å²) in [6.45, 7) is 10.7. The molecule has 0 aliphatic carbocycles. The lowest BCUT2D eigenvalue weighted by Crippen LogP contribution is -2.23. The first-order valence-electron chi connectivity index (χ1n) is 9.72. The van der Waals surface area contributed by atoms with Crippen molar-refractivity contribution >= 4 is 12.6 Å². The van der Waals surface area contributed by atoms with E-state index in [9.17, 15) is 0 Å². The molecular weight excluding hydrogens is 310 g/mol. The number of hydrogen-bond donors (Lipinski definition) is 1. The summed E-state index contributed by atoms with van der Waals surface area (Å²) in [6.07, 6.45) is 17.9. The molecule has 0 N–H and O–H groups in total. The second-order valence-corrected chi connectivity index (χ2v) is 7.75. The maximum absolute atomic E-state index is 4.74. The highest BCUT2D eigenvalue weighted by Gasteiger charge is 2.26. The monoisotopic (exact) mass is 351 g/mol. The van der Waals surface area contributed by atoms with Gasteiger partial charge in [0.1, 0.15) is 0 Å². The van der Waals surface area contributed by atoms with Gasteiger partial charge >= 0.3 is 0 Å². The number of rotatable bonds is 14. The second-order valence-electron chi connectivity index (χ2n) is 7.43. The smallest absolute Gasteiger partial charge is 0.0360 e. The van der Waals surface area contributed by atoms with Crippen LogP contribution >= 0.6 is 12.6 Å². The van der Waals surface area contributed by atoms with E-state index in [0.29, 0.717) is 5.41 Å². The van der Waals surface area contributed by atoms with Crippen LogP contribution < -0.4 is 0 Å². The van der Waals surface area contributed by atoms with E-state index in [-0.39, 0.29) is 0 Å².